The molecule has 0 bridgehead atoms. The highest BCUT2D eigenvalue weighted by Crippen LogP contribution is 2.20. The summed E-state index contributed by atoms with van der Waals surface area (Å²) in [7, 11) is 1.75. The summed E-state index contributed by atoms with van der Waals surface area (Å²) in [6, 6.07) is 4.81. The van der Waals surface area contributed by atoms with Crippen molar-refractivity contribution in [2.24, 2.45) is 0 Å². The Balaban J connectivity index is 2.91. The number of rotatable bonds is 5. The maximum atomic E-state index is 10.8. The topological polar surface area (TPSA) is 77.8 Å². The van der Waals surface area contributed by atoms with E-state index < -0.39 is 11.9 Å². The molecule has 0 atom stereocenters. The lowest BCUT2D eigenvalue weighted by Crippen LogP contribution is -2.22. The van der Waals surface area contributed by atoms with Crippen LogP contribution >= 0.6 is 0 Å². The Morgan fingerprint density at radius 3 is 2.47 bits per heavy atom. The van der Waals surface area contributed by atoms with E-state index in [1.165, 1.54) is 6.07 Å². The largest absolute Gasteiger partial charge is 0.481 e. The zero-order chi connectivity index (χ0) is 13.0. The fourth-order valence-electron chi connectivity index (χ4n) is 1.54. The van der Waals surface area contributed by atoms with E-state index in [4.69, 9.17) is 10.2 Å². The van der Waals surface area contributed by atoms with Gasteiger partial charge in [0.1, 0.15) is 0 Å². The third-order valence-corrected chi connectivity index (χ3v) is 2.53. The molecule has 5 heteroatoms. The van der Waals surface area contributed by atoms with Crippen molar-refractivity contribution >= 4 is 17.6 Å². The first-order valence-corrected chi connectivity index (χ1v) is 5.18. The minimum absolute atomic E-state index is 0.0211. The van der Waals surface area contributed by atoms with Gasteiger partial charge in [-0.15, -0.1) is 0 Å². The molecule has 2 N–H and O–H groups in total. The third-order valence-electron chi connectivity index (χ3n) is 2.53. The maximum absolute atomic E-state index is 10.8. The van der Waals surface area contributed by atoms with Crippen molar-refractivity contribution < 1.29 is 19.8 Å². The molecular formula is C12H15NO4. The second kappa shape index (κ2) is 5.34. The number of carbonyl (C=O) groups is 2. The molecule has 0 aromatic heterocycles. The molecule has 0 amide bonds. The van der Waals surface area contributed by atoms with Crippen LogP contribution in [0, 0.1) is 6.92 Å². The predicted octanol–water partition coefficient (Wildman–Crippen LogP) is 1.60. The molecule has 0 unspecified atom stereocenters. The van der Waals surface area contributed by atoms with E-state index in [1.807, 2.05) is 6.92 Å². The number of aryl methyl sites for hydroxylation is 1. The van der Waals surface area contributed by atoms with Crippen LogP contribution < -0.4 is 4.90 Å². The van der Waals surface area contributed by atoms with Crippen molar-refractivity contribution in [3.63, 3.8) is 0 Å². The van der Waals surface area contributed by atoms with Gasteiger partial charge in [-0.3, -0.25) is 4.79 Å². The Hall–Kier alpha value is -2.04. The zero-order valence-electron chi connectivity index (χ0n) is 9.80. The van der Waals surface area contributed by atoms with Crippen LogP contribution in [0.25, 0.3) is 0 Å². The first-order valence-electron chi connectivity index (χ1n) is 5.18. The molecule has 0 fully saturated rings. The molecule has 0 aliphatic heterocycles. The fraction of sp³-hybridized carbons (Fsp3) is 0.333. The smallest absolute Gasteiger partial charge is 0.335 e. The standard InChI is InChI=1S/C12H15NO4/c1-8-3-4-9(12(16)17)7-10(8)13(2)6-5-11(14)15/h3-4,7H,5-6H2,1-2H3,(H,14,15)(H,16,17). The number of aliphatic carboxylic acids is 1. The molecule has 92 valence electrons. The molecular weight excluding hydrogens is 222 g/mol. The fourth-order valence-corrected chi connectivity index (χ4v) is 1.54. The van der Waals surface area contributed by atoms with Gasteiger partial charge < -0.3 is 15.1 Å². The molecule has 0 saturated heterocycles. The molecule has 17 heavy (non-hydrogen) atoms. The van der Waals surface area contributed by atoms with Crippen molar-refractivity contribution in [3.05, 3.63) is 29.3 Å². The van der Waals surface area contributed by atoms with Gasteiger partial charge in [-0.2, -0.15) is 0 Å². The van der Waals surface area contributed by atoms with Crippen LogP contribution in [-0.2, 0) is 4.79 Å². The Bertz CT molecular complexity index is 442. The molecule has 0 radical (unpaired) electrons. The molecule has 0 saturated carbocycles. The van der Waals surface area contributed by atoms with Crippen molar-refractivity contribution in [1.82, 2.24) is 0 Å². The highest BCUT2D eigenvalue weighted by Gasteiger charge is 2.10. The average Bonchev–Trinajstić information content (AvgIpc) is 2.26. The van der Waals surface area contributed by atoms with Gasteiger partial charge in [0.2, 0.25) is 0 Å². The van der Waals surface area contributed by atoms with Gasteiger partial charge >= 0.3 is 11.9 Å². The number of carboxylic acids is 2. The van der Waals surface area contributed by atoms with Crippen molar-refractivity contribution in [3.8, 4) is 0 Å². The lowest BCUT2D eigenvalue weighted by atomic mass is 10.1. The van der Waals surface area contributed by atoms with E-state index >= 15 is 0 Å². The van der Waals surface area contributed by atoms with Gasteiger partial charge in [0.25, 0.3) is 0 Å². The normalized spacial score (nSPS) is 10.0. The monoisotopic (exact) mass is 237 g/mol. The number of aromatic carboxylic acids is 1. The molecule has 0 spiro atoms. The van der Waals surface area contributed by atoms with Crippen LogP contribution in [0.3, 0.4) is 0 Å². The van der Waals surface area contributed by atoms with Crippen LogP contribution in [0.2, 0.25) is 0 Å². The molecule has 1 rings (SSSR count). The Labute approximate surface area is 99.3 Å². The summed E-state index contributed by atoms with van der Waals surface area (Å²) in [6.45, 7) is 2.21. The van der Waals surface area contributed by atoms with Crippen molar-refractivity contribution in [1.29, 1.82) is 0 Å². The van der Waals surface area contributed by atoms with E-state index in [0.717, 1.165) is 11.3 Å². The summed E-state index contributed by atoms with van der Waals surface area (Å²) in [5.41, 5.74) is 1.86. The molecule has 0 aliphatic rings. The highest BCUT2D eigenvalue weighted by molar-refractivity contribution is 5.89. The summed E-state index contributed by atoms with van der Waals surface area (Å²) in [4.78, 5) is 23.1. The van der Waals surface area contributed by atoms with Crippen LogP contribution in [0.5, 0.6) is 0 Å². The Morgan fingerprint density at radius 2 is 1.94 bits per heavy atom. The predicted molar refractivity (Wildman–Crippen MR) is 63.7 cm³/mol. The summed E-state index contributed by atoms with van der Waals surface area (Å²) in [5.74, 6) is -1.86. The number of benzene rings is 1. The van der Waals surface area contributed by atoms with Gasteiger partial charge in [0.05, 0.1) is 12.0 Å². The summed E-state index contributed by atoms with van der Waals surface area (Å²) < 4.78 is 0. The number of carboxylic acid groups (broad SMARTS) is 2. The average molecular weight is 237 g/mol. The number of hydrogen-bond acceptors (Lipinski definition) is 3. The molecule has 0 heterocycles. The molecule has 0 aliphatic carbocycles. The highest BCUT2D eigenvalue weighted by atomic mass is 16.4. The minimum atomic E-state index is -0.988. The summed E-state index contributed by atoms with van der Waals surface area (Å²) >= 11 is 0. The van der Waals surface area contributed by atoms with Crippen LogP contribution in [-0.4, -0.2) is 35.7 Å². The lowest BCUT2D eigenvalue weighted by molar-refractivity contribution is -0.136. The Morgan fingerprint density at radius 1 is 1.29 bits per heavy atom. The van der Waals surface area contributed by atoms with Crippen molar-refractivity contribution in [2.75, 3.05) is 18.5 Å². The second-order valence-electron chi connectivity index (χ2n) is 3.87. The SMILES string of the molecule is Cc1ccc(C(=O)O)cc1N(C)CCC(=O)O. The van der Waals surface area contributed by atoms with Gasteiger partial charge in [0, 0.05) is 19.3 Å². The van der Waals surface area contributed by atoms with E-state index in [9.17, 15) is 9.59 Å². The Kier molecular flexibility index (Phi) is 4.09. The lowest BCUT2D eigenvalue weighted by Gasteiger charge is -2.21. The van der Waals surface area contributed by atoms with E-state index in [1.54, 1.807) is 24.1 Å². The van der Waals surface area contributed by atoms with Gasteiger partial charge in [0.15, 0.2) is 0 Å². The molecule has 5 nitrogen and oxygen atoms in total. The quantitative estimate of drug-likeness (QED) is 0.813. The van der Waals surface area contributed by atoms with E-state index in [0.29, 0.717) is 6.54 Å². The summed E-state index contributed by atoms with van der Waals surface area (Å²) in [6.07, 6.45) is 0.0211. The first kappa shape index (κ1) is 13.0. The van der Waals surface area contributed by atoms with Gasteiger partial charge in [-0.1, -0.05) is 6.07 Å². The number of nitrogens with zero attached hydrogens (tertiary/aromatic N) is 1. The van der Waals surface area contributed by atoms with Crippen LogP contribution in [0.15, 0.2) is 18.2 Å². The van der Waals surface area contributed by atoms with Crippen LogP contribution in [0.1, 0.15) is 22.3 Å². The molecule has 1 aromatic rings. The summed E-state index contributed by atoms with van der Waals surface area (Å²) in [5, 5.41) is 17.5. The van der Waals surface area contributed by atoms with Crippen molar-refractivity contribution in [2.45, 2.75) is 13.3 Å². The van der Waals surface area contributed by atoms with Crippen LogP contribution in [0.4, 0.5) is 5.69 Å². The maximum Gasteiger partial charge on any atom is 0.335 e. The van der Waals surface area contributed by atoms with E-state index in [2.05, 4.69) is 0 Å². The van der Waals surface area contributed by atoms with Gasteiger partial charge in [-0.05, 0) is 24.6 Å². The number of anilines is 1. The number of hydrogen-bond donors (Lipinski definition) is 2. The third kappa shape index (κ3) is 3.48. The second-order valence-corrected chi connectivity index (χ2v) is 3.87. The first-order chi connectivity index (χ1) is 7.91. The zero-order valence-corrected chi connectivity index (χ0v) is 9.80. The van der Waals surface area contributed by atoms with Gasteiger partial charge in [-0.25, -0.2) is 4.79 Å². The van der Waals surface area contributed by atoms with E-state index in [-0.39, 0.29) is 12.0 Å². The molecule has 1 aromatic carbocycles. The minimum Gasteiger partial charge on any atom is -0.481 e.